The number of rotatable bonds is 3. The van der Waals surface area contributed by atoms with Crippen LogP contribution in [0.2, 0.25) is 0 Å². The predicted molar refractivity (Wildman–Crippen MR) is 111 cm³/mol. The van der Waals surface area contributed by atoms with Gasteiger partial charge in [-0.2, -0.15) is 0 Å². The van der Waals surface area contributed by atoms with E-state index in [4.69, 9.17) is 0 Å². The molecule has 0 spiro atoms. The number of anilines is 1. The van der Waals surface area contributed by atoms with Crippen LogP contribution in [0, 0.1) is 0 Å². The molecule has 0 unspecified atom stereocenters. The summed E-state index contributed by atoms with van der Waals surface area (Å²) in [6.07, 6.45) is 3.55. The summed E-state index contributed by atoms with van der Waals surface area (Å²) in [4.78, 5) is 28.1. The van der Waals surface area contributed by atoms with Crippen LogP contribution in [0.5, 0.6) is 0 Å². The van der Waals surface area contributed by atoms with Crippen LogP contribution in [-0.4, -0.2) is 34.8 Å². The van der Waals surface area contributed by atoms with Crippen molar-refractivity contribution in [2.24, 2.45) is 0 Å². The normalized spacial score (nSPS) is 15.8. The predicted octanol–water partition coefficient (Wildman–Crippen LogP) is 4.26. The van der Waals surface area contributed by atoms with Crippen molar-refractivity contribution >= 4 is 23.2 Å². The molecule has 0 aromatic heterocycles. The number of urea groups is 1. The zero-order chi connectivity index (χ0) is 19.5. The van der Waals surface area contributed by atoms with Crippen LogP contribution < -0.4 is 5.32 Å². The number of benzene rings is 2. The first-order chi connectivity index (χ1) is 13.6. The second-order valence-corrected chi connectivity index (χ2v) is 7.30. The van der Waals surface area contributed by atoms with Gasteiger partial charge >= 0.3 is 6.03 Å². The summed E-state index contributed by atoms with van der Waals surface area (Å²) in [6, 6.07) is 16.1. The van der Waals surface area contributed by atoms with E-state index in [1.807, 2.05) is 53.1 Å². The second-order valence-electron chi connectivity index (χ2n) is 7.30. The molecule has 2 aromatic rings. The number of amides is 3. The fourth-order valence-electron chi connectivity index (χ4n) is 3.83. The van der Waals surface area contributed by atoms with Gasteiger partial charge in [-0.05, 0) is 40.8 Å². The summed E-state index contributed by atoms with van der Waals surface area (Å²) in [5, 5.41) is 2.99. The maximum atomic E-state index is 12.6. The first kappa shape index (κ1) is 18.3. The van der Waals surface area contributed by atoms with E-state index >= 15 is 0 Å². The monoisotopic (exact) mass is 375 g/mol. The Morgan fingerprint density at radius 3 is 2.21 bits per heavy atom. The standard InChI is InChI=1S/C23H25N3O2/c1-2-22(27)25-13-11-18(12-14-25)17-7-9-21(10-8-17)24-23(28)26-15-19-5-3-4-6-20(19)16-26/h3-11H,2,12-16H2,1H3,(H,24,28). The van der Waals surface area contributed by atoms with Gasteiger partial charge in [-0.15, -0.1) is 0 Å². The van der Waals surface area contributed by atoms with Gasteiger partial charge in [0.15, 0.2) is 0 Å². The number of carbonyl (C=O) groups is 2. The molecule has 5 heteroatoms. The molecule has 0 bridgehead atoms. The van der Waals surface area contributed by atoms with Crippen LogP contribution in [0.15, 0.2) is 54.6 Å². The third-order valence-corrected chi connectivity index (χ3v) is 5.50. The van der Waals surface area contributed by atoms with Crippen molar-refractivity contribution in [2.75, 3.05) is 18.4 Å². The van der Waals surface area contributed by atoms with E-state index < -0.39 is 0 Å². The van der Waals surface area contributed by atoms with E-state index in [0.717, 1.165) is 24.2 Å². The van der Waals surface area contributed by atoms with Crippen LogP contribution in [0.4, 0.5) is 10.5 Å². The largest absolute Gasteiger partial charge is 0.339 e. The molecule has 1 N–H and O–H groups in total. The van der Waals surface area contributed by atoms with E-state index in [-0.39, 0.29) is 11.9 Å². The molecule has 3 amide bonds. The zero-order valence-corrected chi connectivity index (χ0v) is 16.1. The van der Waals surface area contributed by atoms with Crippen molar-refractivity contribution in [1.82, 2.24) is 9.80 Å². The summed E-state index contributed by atoms with van der Waals surface area (Å²) >= 11 is 0. The Balaban J connectivity index is 1.36. The number of carbonyl (C=O) groups excluding carboxylic acids is 2. The van der Waals surface area contributed by atoms with Crippen LogP contribution in [0.25, 0.3) is 5.57 Å². The molecule has 144 valence electrons. The van der Waals surface area contributed by atoms with Crippen molar-refractivity contribution in [1.29, 1.82) is 0 Å². The van der Waals surface area contributed by atoms with Gasteiger partial charge in [0.05, 0.1) is 0 Å². The fraction of sp³-hybridized carbons (Fsp3) is 0.304. The molecule has 2 aliphatic heterocycles. The first-order valence-electron chi connectivity index (χ1n) is 9.84. The highest BCUT2D eigenvalue weighted by Gasteiger charge is 2.23. The van der Waals surface area contributed by atoms with Crippen molar-refractivity contribution in [3.05, 3.63) is 71.3 Å². The van der Waals surface area contributed by atoms with Gasteiger partial charge in [0.25, 0.3) is 0 Å². The molecule has 4 rings (SSSR count). The Bertz CT molecular complexity index is 893. The van der Waals surface area contributed by atoms with E-state index in [0.29, 0.717) is 26.1 Å². The molecule has 5 nitrogen and oxygen atoms in total. The number of hydrogen-bond acceptors (Lipinski definition) is 2. The number of fused-ring (bicyclic) bond motifs is 1. The third-order valence-electron chi connectivity index (χ3n) is 5.50. The molecule has 2 heterocycles. The average molecular weight is 375 g/mol. The van der Waals surface area contributed by atoms with Crippen LogP contribution >= 0.6 is 0 Å². The lowest BCUT2D eigenvalue weighted by molar-refractivity contribution is -0.130. The molecule has 0 atom stereocenters. The number of nitrogens with one attached hydrogen (secondary N) is 1. The van der Waals surface area contributed by atoms with Crippen LogP contribution in [-0.2, 0) is 17.9 Å². The lowest BCUT2D eigenvalue weighted by Gasteiger charge is -2.26. The third kappa shape index (κ3) is 3.79. The highest BCUT2D eigenvalue weighted by Crippen LogP contribution is 2.25. The maximum absolute atomic E-state index is 12.6. The van der Waals surface area contributed by atoms with Gasteiger partial charge in [-0.25, -0.2) is 4.79 Å². The number of nitrogens with zero attached hydrogens (tertiary/aromatic N) is 2. The van der Waals surface area contributed by atoms with Gasteiger partial charge in [0.2, 0.25) is 5.91 Å². The van der Waals surface area contributed by atoms with E-state index in [9.17, 15) is 9.59 Å². The Morgan fingerprint density at radius 2 is 1.64 bits per heavy atom. The highest BCUT2D eigenvalue weighted by atomic mass is 16.2. The summed E-state index contributed by atoms with van der Waals surface area (Å²) in [6.45, 7) is 4.65. The van der Waals surface area contributed by atoms with Gasteiger partial charge in [-0.1, -0.05) is 49.4 Å². The Hall–Kier alpha value is -3.08. The fourth-order valence-corrected chi connectivity index (χ4v) is 3.83. The molecule has 0 aliphatic carbocycles. The van der Waals surface area contributed by atoms with Crippen LogP contribution in [0.3, 0.4) is 0 Å². The van der Waals surface area contributed by atoms with Gasteiger partial charge in [0.1, 0.15) is 0 Å². The maximum Gasteiger partial charge on any atom is 0.322 e. The van der Waals surface area contributed by atoms with Crippen LogP contribution in [0.1, 0.15) is 36.5 Å². The van der Waals surface area contributed by atoms with Crippen molar-refractivity contribution in [3.63, 3.8) is 0 Å². The molecule has 0 saturated carbocycles. The lowest BCUT2D eigenvalue weighted by atomic mass is 9.99. The lowest BCUT2D eigenvalue weighted by Crippen LogP contribution is -2.34. The van der Waals surface area contributed by atoms with E-state index in [2.05, 4.69) is 23.5 Å². The molecule has 0 radical (unpaired) electrons. The number of hydrogen-bond donors (Lipinski definition) is 1. The SMILES string of the molecule is CCC(=O)N1CC=C(c2ccc(NC(=O)N3Cc4ccccc4C3)cc2)CC1. The highest BCUT2D eigenvalue weighted by molar-refractivity contribution is 5.90. The van der Waals surface area contributed by atoms with Crippen molar-refractivity contribution in [3.8, 4) is 0 Å². The van der Waals surface area contributed by atoms with Crippen molar-refractivity contribution < 1.29 is 9.59 Å². The van der Waals surface area contributed by atoms with Gasteiger partial charge < -0.3 is 15.1 Å². The van der Waals surface area contributed by atoms with E-state index in [1.54, 1.807) is 0 Å². The Kier molecular flexibility index (Phi) is 5.15. The zero-order valence-electron chi connectivity index (χ0n) is 16.1. The quantitative estimate of drug-likeness (QED) is 0.871. The minimum atomic E-state index is -0.0745. The van der Waals surface area contributed by atoms with Gasteiger partial charge in [-0.3, -0.25) is 4.79 Å². The Labute approximate surface area is 165 Å². The molecule has 0 fully saturated rings. The molecule has 2 aromatic carbocycles. The summed E-state index contributed by atoms with van der Waals surface area (Å²) < 4.78 is 0. The Morgan fingerprint density at radius 1 is 0.964 bits per heavy atom. The summed E-state index contributed by atoms with van der Waals surface area (Å²) in [5.74, 6) is 0.206. The average Bonchev–Trinajstić information content (AvgIpc) is 3.18. The second kappa shape index (κ2) is 7.89. The smallest absolute Gasteiger partial charge is 0.322 e. The molecular formula is C23H25N3O2. The minimum Gasteiger partial charge on any atom is -0.339 e. The first-order valence-corrected chi connectivity index (χ1v) is 9.84. The molecular weight excluding hydrogens is 350 g/mol. The minimum absolute atomic E-state index is 0.0745. The molecule has 0 saturated heterocycles. The van der Waals surface area contributed by atoms with Crippen molar-refractivity contribution in [2.45, 2.75) is 32.9 Å². The van der Waals surface area contributed by atoms with Gasteiger partial charge in [0, 0.05) is 38.3 Å². The molecule has 2 aliphatic rings. The topological polar surface area (TPSA) is 52.7 Å². The molecule has 28 heavy (non-hydrogen) atoms. The van der Waals surface area contributed by atoms with E-state index in [1.165, 1.54) is 16.7 Å². The summed E-state index contributed by atoms with van der Waals surface area (Å²) in [5.41, 5.74) is 5.63. The summed E-state index contributed by atoms with van der Waals surface area (Å²) in [7, 11) is 0.